The van der Waals surface area contributed by atoms with E-state index in [-0.39, 0.29) is 12.1 Å². The lowest BCUT2D eigenvalue weighted by atomic mass is 9.99. The minimum absolute atomic E-state index is 0.00346. The van der Waals surface area contributed by atoms with Crippen molar-refractivity contribution in [3.8, 4) is 5.75 Å². The van der Waals surface area contributed by atoms with Crippen LogP contribution in [0.25, 0.3) is 0 Å². The Balaban J connectivity index is 1.86. The molecular weight excluding hydrogens is 252 g/mol. The molecule has 2 atom stereocenters. The summed E-state index contributed by atoms with van der Waals surface area (Å²) in [6.07, 6.45) is 9.70. The molecule has 1 aromatic heterocycles. The third kappa shape index (κ3) is 4.76. The molecule has 2 unspecified atom stereocenters. The molecule has 112 valence electrons. The normalized spacial score (nSPS) is 20.9. The van der Waals surface area contributed by atoms with E-state index in [0.717, 1.165) is 30.8 Å². The summed E-state index contributed by atoms with van der Waals surface area (Å²) >= 11 is 0. The number of nitrogens with two attached hydrogens (primary N) is 1. The van der Waals surface area contributed by atoms with E-state index in [0.29, 0.717) is 6.10 Å². The Labute approximate surface area is 121 Å². The zero-order valence-corrected chi connectivity index (χ0v) is 12.5. The first-order valence-corrected chi connectivity index (χ1v) is 7.64. The fourth-order valence-electron chi connectivity index (χ4n) is 2.54. The summed E-state index contributed by atoms with van der Waals surface area (Å²) < 4.78 is 11.4. The van der Waals surface area contributed by atoms with Crippen LogP contribution in [0.1, 0.15) is 57.6 Å². The van der Waals surface area contributed by atoms with Crippen LogP contribution in [-0.4, -0.2) is 23.8 Å². The van der Waals surface area contributed by atoms with E-state index in [9.17, 15) is 0 Å². The third-order valence-corrected chi connectivity index (χ3v) is 3.61. The van der Waals surface area contributed by atoms with Gasteiger partial charge in [0.2, 0.25) is 0 Å². The molecule has 1 aliphatic rings. The van der Waals surface area contributed by atoms with Crippen molar-refractivity contribution in [3.63, 3.8) is 0 Å². The van der Waals surface area contributed by atoms with Crippen LogP contribution in [0.5, 0.6) is 5.75 Å². The highest BCUT2D eigenvalue weighted by molar-refractivity contribution is 5.25. The zero-order chi connectivity index (χ0) is 14.4. The average Bonchev–Trinajstić information content (AvgIpc) is 2.45. The highest BCUT2D eigenvalue weighted by Crippen LogP contribution is 2.24. The van der Waals surface area contributed by atoms with Gasteiger partial charge in [-0.25, -0.2) is 0 Å². The van der Waals surface area contributed by atoms with E-state index in [1.165, 1.54) is 19.3 Å². The van der Waals surface area contributed by atoms with E-state index in [1.54, 1.807) is 6.20 Å². The SMILES string of the molecule is CC(C)Oc1cncc(C(N)CCC2CCCCO2)c1. The second kappa shape index (κ2) is 7.60. The van der Waals surface area contributed by atoms with Gasteiger partial charge in [0.05, 0.1) is 18.4 Å². The van der Waals surface area contributed by atoms with Crippen molar-refractivity contribution in [2.75, 3.05) is 6.61 Å². The van der Waals surface area contributed by atoms with E-state index in [2.05, 4.69) is 4.98 Å². The Hall–Kier alpha value is -1.13. The maximum absolute atomic E-state index is 6.26. The Bertz CT molecular complexity index is 403. The molecule has 1 aliphatic heterocycles. The lowest BCUT2D eigenvalue weighted by Crippen LogP contribution is -2.21. The minimum Gasteiger partial charge on any atom is -0.489 e. The van der Waals surface area contributed by atoms with Gasteiger partial charge in [-0.05, 0) is 57.6 Å². The molecule has 2 rings (SSSR count). The van der Waals surface area contributed by atoms with Gasteiger partial charge in [-0.1, -0.05) is 0 Å². The summed E-state index contributed by atoms with van der Waals surface area (Å²) in [7, 11) is 0. The summed E-state index contributed by atoms with van der Waals surface area (Å²) in [4.78, 5) is 4.22. The molecular formula is C16H26N2O2. The Kier molecular flexibility index (Phi) is 5.80. The van der Waals surface area contributed by atoms with Crippen LogP contribution in [0.3, 0.4) is 0 Å². The zero-order valence-electron chi connectivity index (χ0n) is 12.5. The maximum atomic E-state index is 6.26. The standard InChI is InChI=1S/C16H26N2O2/c1-12(2)20-15-9-13(10-18-11-15)16(17)7-6-14-5-3-4-8-19-14/h9-12,14,16H,3-8,17H2,1-2H3. The maximum Gasteiger partial charge on any atom is 0.138 e. The first-order chi connectivity index (χ1) is 9.65. The molecule has 0 bridgehead atoms. The van der Waals surface area contributed by atoms with Crippen molar-refractivity contribution in [1.29, 1.82) is 0 Å². The quantitative estimate of drug-likeness (QED) is 0.868. The monoisotopic (exact) mass is 278 g/mol. The largest absolute Gasteiger partial charge is 0.489 e. The lowest BCUT2D eigenvalue weighted by molar-refractivity contribution is 0.00912. The fraction of sp³-hybridized carbons (Fsp3) is 0.688. The Morgan fingerprint density at radius 2 is 2.25 bits per heavy atom. The molecule has 20 heavy (non-hydrogen) atoms. The molecule has 0 amide bonds. The van der Waals surface area contributed by atoms with Gasteiger partial charge in [0.1, 0.15) is 5.75 Å². The minimum atomic E-state index is 0.00346. The molecule has 1 saturated heterocycles. The van der Waals surface area contributed by atoms with Crippen molar-refractivity contribution in [2.45, 2.75) is 64.2 Å². The number of pyridine rings is 1. The summed E-state index contributed by atoms with van der Waals surface area (Å²) in [5.74, 6) is 0.793. The van der Waals surface area contributed by atoms with Gasteiger partial charge in [-0.2, -0.15) is 0 Å². The molecule has 2 heterocycles. The molecule has 0 aliphatic carbocycles. The molecule has 4 heteroatoms. The predicted octanol–water partition coefficient (Wildman–Crippen LogP) is 3.22. The molecule has 0 aromatic carbocycles. The predicted molar refractivity (Wildman–Crippen MR) is 79.8 cm³/mol. The molecule has 0 saturated carbocycles. The number of ether oxygens (including phenoxy) is 2. The van der Waals surface area contributed by atoms with Crippen molar-refractivity contribution >= 4 is 0 Å². The van der Waals surface area contributed by atoms with Crippen LogP contribution in [0.15, 0.2) is 18.5 Å². The van der Waals surface area contributed by atoms with Gasteiger partial charge in [-0.3, -0.25) is 4.98 Å². The smallest absolute Gasteiger partial charge is 0.138 e. The van der Waals surface area contributed by atoms with Crippen molar-refractivity contribution < 1.29 is 9.47 Å². The summed E-state index contributed by atoms with van der Waals surface area (Å²) in [6.45, 7) is 4.92. The number of aromatic nitrogens is 1. The molecule has 2 N–H and O–H groups in total. The topological polar surface area (TPSA) is 57.4 Å². The third-order valence-electron chi connectivity index (χ3n) is 3.61. The highest BCUT2D eigenvalue weighted by atomic mass is 16.5. The van der Waals surface area contributed by atoms with Crippen molar-refractivity contribution in [1.82, 2.24) is 4.98 Å². The summed E-state index contributed by atoms with van der Waals surface area (Å²) in [5.41, 5.74) is 7.30. The molecule has 1 fully saturated rings. The van der Waals surface area contributed by atoms with Crippen LogP contribution >= 0.6 is 0 Å². The summed E-state index contributed by atoms with van der Waals surface area (Å²) in [6, 6.07) is 2.00. The first kappa shape index (κ1) is 15.3. The average molecular weight is 278 g/mol. The van der Waals surface area contributed by atoms with Crippen LogP contribution in [0.2, 0.25) is 0 Å². The highest BCUT2D eigenvalue weighted by Gasteiger charge is 2.16. The molecule has 0 spiro atoms. The fourth-order valence-corrected chi connectivity index (χ4v) is 2.54. The lowest BCUT2D eigenvalue weighted by Gasteiger charge is -2.24. The molecule has 4 nitrogen and oxygen atoms in total. The van der Waals surface area contributed by atoms with E-state index in [1.807, 2.05) is 26.1 Å². The van der Waals surface area contributed by atoms with Gasteiger partial charge in [0.25, 0.3) is 0 Å². The Morgan fingerprint density at radius 3 is 2.95 bits per heavy atom. The van der Waals surface area contributed by atoms with Crippen LogP contribution in [-0.2, 0) is 4.74 Å². The van der Waals surface area contributed by atoms with Crippen LogP contribution in [0.4, 0.5) is 0 Å². The van der Waals surface area contributed by atoms with Gasteiger partial charge in [-0.15, -0.1) is 0 Å². The van der Waals surface area contributed by atoms with Gasteiger partial charge < -0.3 is 15.2 Å². The van der Waals surface area contributed by atoms with E-state index in [4.69, 9.17) is 15.2 Å². The van der Waals surface area contributed by atoms with E-state index >= 15 is 0 Å². The van der Waals surface area contributed by atoms with Gasteiger partial charge in [0, 0.05) is 18.8 Å². The first-order valence-electron chi connectivity index (χ1n) is 7.64. The number of rotatable bonds is 6. The number of nitrogens with zero attached hydrogens (tertiary/aromatic N) is 1. The Morgan fingerprint density at radius 1 is 1.40 bits per heavy atom. The summed E-state index contributed by atoms with van der Waals surface area (Å²) in [5, 5.41) is 0. The van der Waals surface area contributed by atoms with Gasteiger partial charge >= 0.3 is 0 Å². The molecule has 0 radical (unpaired) electrons. The molecule has 1 aromatic rings. The van der Waals surface area contributed by atoms with Crippen LogP contribution < -0.4 is 10.5 Å². The van der Waals surface area contributed by atoms with Crippen LogP contribution in [0, 0.1) is 0 Å². The van der Waals surface area contributed by atoms with E-state index < -0.39 is 0 Å². The second-order valence-corrected chi connectivity index (χ2v) is 5.79. The van der Waals surface area contributed by atoms with Crippen molar-refractivity contribution in [3.05, 3.63) is 24.0 Å². The van der Waals surface area contributed by atoms with Gasteiger partial charge in [0.15, 0.2) is 0 Å². The second-order valence-electron chi connectivity index (χ2n) is 5.79. The number of hydrogen-bond acceptors (Lipinski definition) is 4. The van der Waals surface area contributed by atoms with Crippen molar-refractivity contribution in [2.24, 2.45) is 5.73 Å². The number of hydrogen-bond donors (Lipinski definition) is 1.